The zero-order chi connectivity index (χ0) is 24.3. The standard InChI is InChI=1S/C30H33N2O2P/c1-2-34-35(33,23-27-17-9-11-19-29(27)31-21-25-13-5-3-6-14-25)24-28-18-10-12-20-30(28)32-22-26-15-7-4-8-16-26/h3-20,31-32H,2,21-24H2,1H3. The lowest BCUT2D eigenvalue weighted by Crippen LogP contribution is -2.06. The third-order valence-electron chi connectivity index (χ3n) is 5.87. The number of rotatable bonds is 12. The number of hydrogen-bond donors (Lipinski definition) is 2. The minimum atomic E-state index is -2.99. The van der Waals surface area contributed by atoms with Gasteiger partial charge in [0.2, 0.25) is 7.37 Å². The van der Waals surface area contributed by atoms with Gasteiger partial charge in [-0.1, -0.05) is 97.1 Å². The molecule has 0 radical (unpaired) electrons. The number of hydrogen-bond acceptors (Lipinski definition) is 4. The Hall–Kier alpha value is -3.33. The van der Waals surface area contributed by atoms with Crippen molar-refractivity contribution < 1.29 is 9.09 Å². The van der Waals surface area contributed by atoms with Gasteiger partial charge in [0.05, 0.1) is 18.9 Å². The molecule has 0 spiro atoms. The van der Waals surface area contributed by atoms with E-state index in [2.05, 4.69) is 34.9 Å². The van der Waals surface area contributed by atoms with Gasteiger partial charge in [0.25, 0.3) is 0 Å². The zero-order valence-electron chi connectivity index (χ0n) is 20.2. The predicted molar refractivity (Wildman–Crippen MR) is 147 cm³/mol. The van der Waals surface area contributed by atoms with Crippen molar-refractivity contribution in [3.8, 4) is 0 Å². The fraction of sp³-hybridized carbons (Fsp3) is 0.200. The molecule has 0 atom stereocenters. The summed E-state index contributed by atoms with van der Waals surface area (Å²) < 4.78 is 20.1. The van der Waals surface area contributed by atoms with E-state index in [1.165, 1.54) is 11.1 Å². The Morgan fingerprint density at radius 1 is 0.600 bits per heavy atom. The second-order valence-corrected chi connectivity index (χ2v) is 11.1. The SMILES string of the molecule is CCOP(=O)(Cc1ccccc1NCc1ccccc1)Cc1ccccc1NCc1ccccc1. The summed E-state index contributed by atoms with van der Waals surface area (Å²) in [7, 11) is -2.99. The van der Waals surface area contributed by atoms with E-state index < -0.39 is 7.37 Å². The van der Waals surface area contributed by atoms with Crippen molar-refractivity contribution in [2.75, 3.05) is 17.2 Å². The van der Waals surface area contributed by atoms with Crippen molar-refractivity contribution in [1.82, 2.24) is 0 Å². The first-order valence-electron chi connectivity index (χ1n) is 12.1. The highest BCUT2D eigenvalue weighted by atomic mass is 31.2. The van der Waals surface area contributed by atoms with E-state index in [1.54, 1.807) is 0 Å². The van der Waals surface area contributed by atoms with E-state index in [4.69, 9.17) is 4.52 Å². The Bertz CT molecular complexity index is 1150. The van der Waals surface area contributed by atoms with E-state index >= 15 is 0 Å². The average Bonchev–Trinajstić information content (AvgIpc) is 2.89. The average molecular weight is 485 g/mol. The monoisotopic (exact) mass is 484 g/mol. The Morgan fingerprint density at radius 3 is 1.43 bits per heavy atom. The van der Waals surface area contributed by atoms with Crippen LogP contribution in [0.3, 0.4) is 0 Å². The summed E-state index contributed by atoms with van der Waals surface area (Å²) in [5.41, 5.74) is 6.41. The van der Waals surface area contributed by atoms with Gasteiger partial charge < -0.3 is 15.2 Å². The van der Waals surface area contributed by atoms with Crippen molar-refractivity contribution in [2.24, 2.45) is 0 Å². The van der Waals surface area contributed by atoms with Gasteiger partial charge in [-0.2, -0.15) is 0 Å². The van der Waals surface area contributed by atoms with Crippen molar-refractivity contribution in [3.63, 3.8) is 0 Å². The summed E-state index contributed by atoms with van der Waals surface area (Å²) in [6.45, 7) is 3.74. The molecule has 0 aliphatic carbocycles. The maximum absolute atomic E-state index is 14.1. The molecule has 0 aliphatic heterocycles. The summed E-state index contributed by atoms with van der Waals surface area (Å²) in [5, 5.41) is 7.04. The Kier molecular flexibility index (Phi) is 8.78. The van der Waals surface area contributed by atoms with Crippen LogP contribution in [0.2, 0.25) is 0 Å². The van der Waals surface area contributed by atoms with Crippen LogP contribution in [0, 0.1) is 0 Å². The maximum atomic E-state index is 14.1. The van der Waals surface area contributed by atoms with Gasteiger partial charge in [-0.25, -0.2) is 0 Å². The van der Waals surface area contributed by atoms with E-state index in [0.717, 1.165) is 22.5 Å². The Morgan fingerprint density at radius 2 is 1.00 bits per heavy atom. The van der Waals surface area contributed by atoms with Gasteiger partial charge >= 0.3 is 0 Å². The third-order valence-corrected chi connectivity index (χ3v) is 8.25. The lowest BCUT2D eigenvalue weighted by molar-refractivity contribution is 0.331. The number of para-hydroxylation sites is 2. The normalized spacial score (nSPS) is 11.2. The van der Waals surface area contributed by atoms with Crippen molar-refractivity contribution in [3.05, 3.63) is 131 Å². The van der Waals surface area contributed by atoms with Gasteiger partial charge in [-0.15, -0.1) is 0 Å². The quantitative estimate of drug-likeness (QED) is 0.201. The summed E-state index contributed by atoms with van der Waals surface area (Å²) in [4.78, 5) is 0. The van der Waals surface area contributed by atoms with Crippen LogP contribution in [-0.2, 0) is 34.5 Å². The minimum Gasteiger partial charge on any atom is -0.381 e. The molecule has 0 amide bonds. The predicted octanol–water partition coefficient (Wildman–Crippen LogP) is 7.93. The van der Waals surface area contributed by atoms with Crippen LogP contribution in [0.4, 0.5) is 11.4 Å². The lowest BCUT2D eigenvalue weighted by atomic mass is 10.1. The van der Waals surface area contributed by atoms with Crippen molar-refractivity contribution >= 4 is 18.7 Å². The Balaban J connectivity index is 1.50. The molecule has 0 fully saturated rings. The number of anilines is 2. The first-order chi connectivity index (χ1) is 17.1. The molecule has 4 rings (SSSR count). The van der Waals surface area contributed by atoms with Gasteiger partial charge in [0, 0.05) is 24.5 Å². The molecular formula is C30H33N2O2P. The van der Waals surface area contributed by atoms with Crippen LogP contribution in [0.25, 0.3) is 0 Å². The van der Waals surface area contributed by atoms with Crippen LogP contribution in [0.5, 0.6) is 0 Å². The lowest BCUT2D eigenvalue weighted by Gasteiger charge is -2.22. The molecule has 4 aromatic carbocycles. The molecule has 4 aromatic rings. The number of benzene rings is 4. The van der Waals surface area contributed by atoms with Gasteiger partial charge in [-0.05, 0) is 41.3 Å². The van der Waals surface area contributed by atoms with Gasteiger partial charge in [0.1, 0.15) is 0 Å². The van der Waals surface area contributed by atoms with E-state index in [9.17, 15) is 4.57 Å². The van der Waals surface area contributed by atoms with E-state index in [-0.39, 0.29) is 0 Å². The zero-order valence-corrected chi connectivity index (χ0v) is 21.1. The Labute approximate surface area is 208 Å². The molecule has 5 heteroatoms. The molecule has 35 heavy (non-hydrogen) atoms. The van der Waals surface area contributed by atoms with Crippen molar-refractivity contribution in [1.29, 1.82) is 0 Å². The van der Waals surface area contributed by atoms with Crippen LogP contribution in [0.15, 0.2) is 109 Å². The minimum absolute atomic E-state index is 0.381. The fourth-order valence-electron chi connectivity index (χ4n) is 4.15. The molecule has 2 N–H and O–H groups in total. The van der Waals surface area contributed by atoms with E-state index in [1.807, 2.05) is 91.9 Å². The second kappa shape index (κ2) is 12.4. The molecule has 0 saturated carbocycles. The largest absolute Gasteiger partial charge is 0.381 e. The molecule has 0 bridgehead atoms. The molecular weight excluding hydrogens is 451 g/mol. The highest BCUT2D eigenvalue weighted by molar-refractivity contribution is 7.57. The van der Waals surface area contributed by atoms with Crippen molar-refractivity contribution in [2.45, 2.75) is 32.3 Å². The first kappa shape index (κ1) is 24.8. The third kappa shape index (κ3) is 7.32. The highest BCUT2D eigenvalue weighted by Crippen LogP contribution is 2.54. The van der Waals surface area contributed by atoms with Gasteiger partial charge in [0.15, 0.2) is 0 Å². The molecule has 180 valence electrons. The van der Waals surface area contributed by atoms with Crippen LogP contribution in [-0.4, -0.2) is 6.61 Å². The first-order valence-corrected chi connectivity index (χ1v) is 14.1. The smallest absolute Gasteiger partial charge is 0.211 e. The highest BCUT2D eigenvalue weighted by Gasteiger charge is 2.26. The van der Waals surface area contributed by atoms with Crippen LogP contribution >= 0.6 is 7.37 Å². The molecule has 0 aromatic heterocycles. The van der Waals surface area contributed by atoms with Crippen LogP contribution < -0.4 is 10.6 Å². The summed E-state index contributed by atoms with van der Waals surface area (Å²) >= 11 is 0. The number of nitrogens with one attached hydrogen (secondary N) is 2. The molecule has 4 nitrogen and oxygen atoms in total. The second-order valence-electron chi connectivity index (χ2n) is 8.54. The summed E-state index contributed by atoms with van der Waals surface area (Å²) in [6.07, 6.45) is 0.762. The fourth-order valence-corrected chi connectivity index (χ4v) is 6.50. The summed E-state index contributed by atoms with van der Waals surface area (Å²) in [6, 6.07) is 36.7. The summed E-state index contributed by atoms with van der Waals surface area (Å²) in [5.74, 6) is 0. The maximum Gasteiger partial charge on any atom is 0.211 e. The van der Waals surface area contributed by atoms with Crippen LogP contribution in [0.1, 0.15) is 29.2 Å². The van der Waals surface area contributed by atoms with E-state index in [0.29, 0.717) is 32.0 Å². The topological polar surface area (TPSA) is 50.4 Å². The molecule has 0 aliphatic rings. The van der Waals surface area contributed by atoms with Gasteiger partial charge in [-0.3, -0.25) is 4.57 Å². The molecule has 0 unspecified atom stereocenters. The molecule has 0 saturated heterocycles. The molecule has 0 heterocycles.